The van der Waals surface area contributed by atoms with Crippen LogP contribution in [0.15, 0.2) is 12.1 Å². The van der Waals surface area contributed by atoms with E-state index in [0.29, 0.717) is 25.6 Å². The molecule has 3 saturated heterocycles. The summed E-state index contributed by atoms with van der Waals surface area (Å²) >= 11 is 0. The summed E-state index contributed by atoms with van der Waals surface area (Å²) < 4.78 is 58.8. The van der Waals surface area contributed by atoms with Crippen molar-refractivity contribution in [2.45, 2.75) is 153 Å². The van der Waals surface area contributed by atoms with Crippen molar-refractivity contribution in [2.75, 3.05) is 39.6 Å². The maximum Gasteiger partial charge on any atom is 0.279 e. The van der Waals surface area contributed by atoms with E-state index in [1.165, 1.54) is 0 Å². The van der Waals surface area contributed by atoms with Crippen molar-refractivity contribution in [1.82, 2.24) is 0 Å². The Morgan fingerprint density at radius 2 is 0.878 bits per heavy atom. The number of hydrogen-bond donors (Lipinski definition) is 0. The van der Waals surface area contributed by atoms with Gasteiger partial charge in [0.1, 0.15) is 29.8 Å². The van der Waals surface area contributed by atoms with Gasteiger partial charge in [-0.2, -0.15) is 0 Å². The lowest BCUT2D eigenvalue weighted by Gasteiger charge is -2.42. The molecule has 3 aliphatic heterocycles. The highest BCUT2D eigenvalue weighted by molar-refractivity contribution is 6.77. The molecule has 9 nitrogen and oxygen atoms in total. The van der Waals surface area contributed by atoms with Crippen molar-refractivity contribution in [2.24, 2.45) is 0 Å². The predicted octanol–water partition coefficient (Wildman–Crippen LogP) is 6.77. The minimum absolute atomic E-state index is 0.00000451. The molecule has 3 radical (unpaired) electrons. The molecule has 0 saturated carbocycles. The minimum atomic E-state index is -2.57. The molecule has 0 bridgehead atoms. The molecule has 3 heterocycles. The molecule has 1 aromatic rings. The normalized spacial score (nSPS) is 22.4. The maximum absolute atomic E-state index is 7.58. The number of hydrogen-bond acceptors (Lipinski definition) is 9. The van der Waals surface area contributed by atoms with Crippen LogP contribution in [0.1, 0.15) is 81.6 Å². The molecule has 3 aliphatic rings. The molecule has 6 atom stereocenters. The van der Waals surface area contributed by atoms with Gasteiger partial charge in [-0.05, 0) is 66.8 Å². The molecular weight excluding hydrogens is 689 g/mol. The topological polar surface area (TPSA) is 93.0 Å². The summed E-state index contributed by atoms with van der Waals surface area (Å²) in [4.78, 5) is 0. The first-order valence-electron chi connectivity index (χ1n) is 19.3. The van der Waals surface area contributed by atoms with Crippen molar-refractivity contribution in [1.29, 1.82) is 0 Å². The zero-order valence-corrected chi connectivity index (χ0v) is 35.9. The molecule has 0 aliphatic carbocycles. The van der Waals surface area contributed by atoms with Crippen LogP contribution in [-0.2, 0) is 28.4 Å². The minimum Gasteiger partial charge on any atom is -0.538 e. The van der Waals surface area contributed by atoms with E-state index in [9.17, 15) is 0 Å². The first-order valence-corrected chi connectivity index (χ1v) is 27.0. The third kappa shape index (κ3) is 10.2. The lowest BCUT2D eigenvalue weighted by Crippen LogP contribution is -2.56. The Kier molecular flexibility index (Phi) is 15.8. The van der Waals surface area contributed by atoms with Crippen LogP contribution in [-0.4, -0.2) is 110 Å². The van der Waals surface area contributed by atoms with Crippen LogP contribution >= 0.6 is 0 Å². The van der Waals surface area contributed by atoms with E-state index in [-0.39, 0.29) is 35.5 Å². The molecule has 13 heteroatoms. The standard InChI is InChI=1S/C36H65O9Si4/c1-10-32(40-24-27-21-37-27)47(13-4,14-5)43-30-19-20-31(46)36(45-49(17-8,18-9)34(12-3)42-26-29-23-39-29)35(30)44-48(15-6,16-7)33(11-2)41-25-28-22-38-28/h19-20,27-29,32-34H,10-18,21-26H2,1-9H3. The zero-order valence-electron chi connectivity index (χ0n) is 31.9. The van der Waals surface area contributed by atoms with Crippen molar-refractivity contribution in [3.63, 3.8) is 0 Å². The van der Waals surface area contributed by atoms with Gasteiger partial charge in [0.25, 0.3) is 25.0 Å². The predicted molar refractivity (Wildman–Crippen MR) is 203 cm³/mol. The Morgan fingerprint density at radius 1 is 0.551 bits per heavy atom. The molecule has 6 unspecified atom stereocenters. The van der Waals surface area contributed by atoms with Gasteiger partial charge in [0.15, 0.2) is 5.75 Å². The summed E-state index contributed by atoms with van der Waals surface area (Å²) in [6.45, 7) is 24.3. The van der Waals surface area contributed by atoms with Crippen LogP contribution in [0.2, 0.25) is 36.3 Å². The number of ether oxygens (including phenoxy) is 6. The van der Waals surface area contributed by atoms with Crippen LogP contribution < -0.4 is 18.5 Å². The molecule has 279 valence electrons. The molecule has 0 N–H and O–H groups in total. The van der Waals surface area contributed by atoms with E-state index in [1.807, 2.05) is 0 Å². The van der Waals surface area contributed by atoms with Gasteiger partial charge in [-0.1, -0.05) is 68.4 Å². The molecule has 1 aromatic carbocycles. The lowest BCUT2D eigenvalue weighted by atomic mass is 10.3. The fourth-order valence-corrected chi connectivity index (χ4v) is 18.4. The fraction of sp³-hybridized carbons (Fsp3) is 0.833. The molecule has 3 fully saturated rings. The molecule has 4 rings (SSSR count). The van der Waals surface area contributed by atoms with Crippen LogP contribution in [0.4, 0.5) is 0 Å². The Labute approximate surface area is 303 Å². The Balaban J connectivity index is 1.82. The quantitative estimate of drug-likeness (QED) is 0.0713. The summed E-state index contributed by atoms with van der Waals surface area (Å²) in [6, 6.07) is 9.61. The van der Waals surface area contributed by atoms with E-state index < -0.39 is 25.0 Å². The van der Waals surface area contributed by atoms with E-state index in [0.717, 1.165) is 92.0 Å². The summed E-state index contributed by atoms with van der Waals surface area (Å²) in [5.74, 6) is 2.21. The van der Waals surface area contributed by atoms with Gasteiger partial charge in [-0.15, -0.1) is 0 Å². The van der Waals surface area contributed by atoms with E-state index >= 15 is 0 Å². The van der Waals surface area contributed by atoms with Crippen LogP contribution in [0.25, 0.3) is 0 Å². The highest BCUT2D eigenvalue weighted by Gasteiger charge is 2.49. The number of epoxide rings is 3. The summed E-state index contributed by atoms with van der Waals surface area (Å²) in [5.41, 5.74) is 0.0426. The summed E-state index contributed by atoms with van der Waals surface area (Å²) in [5, 5.41) is 0.867. The largest absolute Gasteiger partial charge is 0.538 e. The zero-order chi connectivity index (χ0) is 35.7. The average molecular weight is 754 g/mol. The van der Waals surface area contributed by atoms with Gasteiger partial charge in [0.2, 0.25) is 0 Å². The van der Waals surface area contributed by atoms with Gasteiger partial charge < -0.3 is 41.7 Å². The third-order valence-corrected chi connectivity index (χ3v) is 25.8. The summed E-state index contributed by atoms with van der Waals surface area (Å²) in [6.07, 6.45) is 3.23. The van der Waals surface area contributed by atoms with Gasteiger partial charge in [-0.25, -0.2) is 0 Å². The second-order valence-electron chi connectivity index (χ2n) is 13.9. The smallest absolute Gasteiger partial charge is 0.279 e. The summed E-state index contributed by atoms with van der Waals surface area (Å²) in [7, 11) is -3.56. The highest BCUT2D eigenvalue weighted by atomic mass is 28.4. The van der Waals surface area contributed by atoms with Crippen LogP contribution in [0, 0.1) is 0 Å². The van der Waals surface area contributed by atoms with Crippen molar-refractivity contribution in [3.05, 3.63) is 12.1 Å². The Morgan fingerprint density at radius 3 is 1.18 bits per heavy atom. The molecule has 0 aromatic heterocycles. The molecule has 49 heavy (non-hydrogen) atoms. The van der Waals surface area contributed by atoms with Gasteiger partial charge in [0.05, 0.1) is 67.1 Å². The van der Waals surface area contributed by atoms with E-state index in [2.05, 4.69) is 84.7 Å². The van der Waals surface area contributed by atoms with Crippen LogP contribution in [0.3, 0.4) is 0 Å². The number of rotatable bonds is 27. The second kappa shape index (κ2) is 18.8. The van der Waals surface area contributed by atoms with Crippen molar-refractivity contribution in [3.8, 4) is 17.2 Å². The maximum atomic E-state index is 7.58. The van der Waals surface area contributed by atoms with E-state index in [4.69, 9.17) is 41.7 Å². The molecule has 0 spiro atoms. The third-order valence-electron chi connectivity index (χ3n) is 11.1. The average Bonchev–Trinajstić information content (AvgIpc) is 3.97. The highest BCUT2D eigenvalue weighted by Crippen LogP contribution is 2.45. The fourth-order valence-electron chi connectivity index (χ4n) is 7.28. The first kappa shape index (κ1) is 41.0. The number of benzene rings is 1. The first-order chi connectivity index (χ1) is 23.7. The Bertz CT molecular complexity index is 1140. The monoisotopic (exact) mass is 753 g/mol. The SMILES string of the molecule is CCC(OCC1CO1)[Si](CC)(CC)Oc1ccc([Si])c(O[Si](CC)(CC)C(CC)OCC2CO2)c1O[Si](CC)(CC)C(CC)OCC1CO1. The van der Waals surface area contributed by atoms with Gasteiger partial charge in [0, 0.05) is 0 Å². The second-order valence-corrected chi connectivity index (χ2v) is 27.7. The molecule has 0 amide bonds. The van der Waals surface area contributed by atoms with Crippen LogP contribution in [0.5, 0.6) is 17.2 Å². The van der Waals surface area contributed by atoms with Crippen molar-refractivity contribution >= 4 is 40.4 Å². The molecular formula is C36H65O9Si4. The Hall–Kier alpha value is -0.752. The van der Waals surface area contributed by atoms with E-state index in [1.54, 1.807) is 0 Å². The lowest BCUT2D eigenvalue weighted by molar-refractivity contribution is 0.0713. The van der Waals surface area contributed by atoms with Crippen molar-refractivity contribution < 1.29 is 41.7 Å². The van der Waals surface area contributed by atoms with Gasteiger partial charge in [-0.3, -0.25) is 0 Å². The van der Waals surface area contributed by atoms with Gasteiger partial charge >= 0.3 is 0 Å².